The van der Waals surface area contributed by atoms with Crippen LogP contribution in [0.2, 0.25) is 0 Å². The molecule has 0 aliphatic carbocycles. The molecule has 1 atom stereocenters. The molecule has 1 rings (SSSR count). The van der Waals surface area contributed by atoms with Crippen molar-refractivity contribution in [3.05, 3.63) is 30.3 Å². The number of anilines is 1. The summed E-state index contributed by atoms with van der Waals surface area (Å²) in [5.74, 6) is 5.66. The molecule has 0 saturated heterocycles. The summed E-state index contributed by atoms with van der Waals surface area (Å²) in [6, 6.07) is 11.2. The number of hydrogen-bond acceptors (Lipinski definition) is 3. The molecule has 1 aromatic rings. The fraction of sp³-hybridized carbons (Fsp3) is 0.222. The highest BCUT2D eigenvalue weighted by molar-refractivity contribution is 5.46. The van der Waals surface area contributed by atoms with Crippen LogP contribution in [0.15, 0.2) is 30.3 Å². The average Bonchev–Trinajstić information content (AvgIpc) is 2.17. The lowest BCUT2D eigenvalue weighted by Crippen LogP contribution is -2.38. The van der Waals surface area contributed by atoms with Crippen LogP contribution in [0.3, 0.4) is 0 Å². The van der Waals surface area contributed by atoms with Gasteiger partial charge in [0.1, 0.15) is 6.04 Å². The van der Waals surface area contributed by atoms with Crippen LogP contribution in [0.1, 0.15) is 6.92 Å². The van der Waals surface area contributed by atoms with E-state index in [1.807, 2.05) is 30.3 Å². The molecule has 0 fully saturated rings. The summed E-state index contributed by atoms with van der Waals surface area (Å²) < 4.78 is 0. The van der Waals surface area contributed by atoms with Gasteiger partial charge in [-0.3, -0.25) is 5.01 Å². The topological polar surface area (TPSA) is 53.0 Å². The first-order valence-electron chi connectivity index (χ1n) is 3.74. The maximum absolute atomic E-state index is 8.59. The Morgan fingerprint density at radius 3 is 2.50 bits per heavy atom. The minimum Gasteiger partial charge on any atom is -0.294 e. The van der Waals surface area contributed by atoms with E-state index in [9.17, 15) is 0 Å². The summed E-state index contributed by atoms with van der Waals surface area (Å²) in [4.78, 5) is 0. The molecule has 0 amide bonds. The Bertz CT molecular complexity index is 276. The summed E-state index contributed by atoms with van der Waals surface area (Å²) >= 11 is 0. The van der Waals surface area contributed by atoms with E-state index in [1.165, 1.54) is 5.01 Å². The van der Waals surface area contributed by atoms with Crippen LogP contribution in [0.25, 0.3) is 0 Å². The van der Waals surface area contributed by atoms with Crippen molar-refractivity contribution in [2.75, 3.05) is 5.01 Å². The average molecular weight is 161 g/mol. The number of nitriles is 1. The van der Waals surface area contributed by atoms with Crippen molar-refractivity contribution in [2.24, 2.45) is 5.84 Å². The lowest BCUT2D eigenvalue weighted by atomic mass is 10.2. The van der Waals surface area contributed by atoms with Gasteiger partial charge in [0.15, 0.2) is 0 Å². The Kier molecular flexibility index (Phi) is 2.67. The third kappa shape index (κ3) is 1.74. The van der Waals surface area contributed by atoms with Gasteiger partial charge in [-0.25, -0.2) is 5.84 Å². The predicted molar refractivity (Wildman–Crippen MR) is 48.2 cm³/mol. The third-order valence-electron chi connectivity index (χ3n) is 1.66. The van der Waals surface area contributed by atoms with Crippen molar-refractivity contribution in [3.8, 4) is 6.07 Å². The molecule has 0 spiro atoms. The molecule has 0 bridgehead atoms. The zero-order valence-electron chi connectivity index (χ0n) is 6.94. The van der Waals surface area contributed by atoms with Crippen LogP contribution in [-0.2, 0) is 0 Å². The van der Waals surface area contributed by atoms with Crippen molar-refractivity contribution in [2.45, 2.75) is 13.0 Å². The highest BCUT2D eigenvalue weighted by atomic mass is 15.4. The SMILES string of the molecule is CC(C#N)N(N)c1ccccc1. The molecule has 1 unspecified atom stereocenters. The van der Waals surface area contributed by atoms with E-state index in [0.29, 0.717) is 0 Å². The second-order valence-electron chi connectivity index (χ2n) is 2.55. The lowest BCUT2D eigenvalue weighted by Gasteiger charge is -2.20. The Balaban J connectivity index is 2.80. The molecule has 12 heavy (non-hydrogen) atoms. The van der Waals surface area contributed by atoms with E-state index in [1.54, 1.807) is 6.92 Å². The zero-order valence-corrected chi connectivity index (χ0v) is 6.94. The number of hydrogen-bond donors (Lipinski definition) is 1. The van der Waals surface area contributed by atoms with Crippen LogP contribution < -0.4 is 10.9 Å². The number of para-hydroxylation sites is 1. The van der Waals surface area contributed by atoms with Gasteiger partial charge in [-0.15, -0.1) is 0 Å². The van der Waals surface area contributed by atoms with E-state index in [4.69, 9.17) is 11.1 Å². The van der Waals surface area contributed by atoms with E-state index < -0.39 is 0 Å². The second-order valence-corrected chi connectivity index (χ2v) is 2.55. The van der Waals surface area contributed by atoms with E-state index in [-0.39, 0.29) is 6.04 Å². The van der Waals surface area contributed by atoms with Crippen molar-refractivity contribution in [3.63, 3.8) is 0 Å². The van der Waals surface area contributed by atoms with Gasteiger partial charge in [-0.05, 0) is 19.1 Å². The minimum absolute atomic E-state index is 0.299. The Hall–Kier alpha value is -1.53. The van der Waals surface area contributed by atoms with Gasteiger partial charge in [-0.1, -0.05) is 18.2 Å². The fourth-order valence-corrected chi connectivity index (χ4v) is 0.886. The first kappa shape index (κ1) is 8.57. The first-order chi connectivity index (χ1) is 5.75. The molecule has 0 radical (unpaired) electrons. The number of rotatable bonds is 2. The molecule has 0 aromatic heterocycles. The lowest BCUT2D eigenvalue weighted by molar-refractivity contribution is 0.781. The Morgan fingerprint density at radius 2 is 2.00 bits per heavy atom. The molecule has 1 aromatic carbocycles. The first-order valence-corrected chi connectivity index (χ1v) is 3.74. The summed E-state index contributed by atoms with van der Waals surface area (Å²) in [5.41, 5.74) is 0.853. The van der Waals surface area contributed by atoms with Gasteiger partial charge in [0.25, 0.3) is 0 Å². The Labute approximate surface area is 72.0 Å². The van der Waals surface area contributed by atoms with Gasteiger partial charge < -0.3 is 0 Å². The molecule has 0 saturated carbocycles. The second kappa shape index (κ2) is 3.74. The maximum atomic E-state index is 8.59. The monoisotopic (exact) mass is 161 g/mol. The van der Waals surface area contributed by atoms with Crippen molar-refractivity contribution >= 4 is 5.69 Å². The standard InChI is InChI=1S/C9H11N3/c1-8(7-10)12(11)9-5-3-2-4-6-9/h2-6,8H,11H2,1H3. The number of nitrogens with two attached hydrogens (primary N) is 1. The van der Waals surface area contributed by atoms with Crippen LogP contribution in [0, 0.1) is 11.3 Å². The van der Waals surface area contributed by atoms with Crippen LogP contribution in [0.5, 0.6) is 0 Å². The molecule has 62 valence electrons. The molecule has 0 heterocycles. The van der Waals surface area contributed by atoms with Gasteiger partial charge in [0.05, 0.1) is 11.8 Å². The van der Waals surface area contributed by atoms with E-state index in [0.717, 1.165) is 5.69 Å². The van der Waals surface area contributed by atoms with Gasteiger partial charge in [0.2, 0.25) is 0 Å². The van der Waals surface area contributed by atoms with Gasteiger partial charge >= 0.3 is 0 Å². The summed E-state index contributed by atoms with van der Waals surface area (Å²) in [5, 5.41) is 10.0. The molecule has 3 nitrogen and oxygen atoms in total. The highest BCUT2D eigenvalue weighted by Gasteiger charge is 2.07. The maximum Gasteiger partial charge on any atom is 0.129 e. The summed E-state index contributed by atoms with van der Waals surface area (Å²) in [7, 11) is 0. The number of nitrogens with zero attached hydrogens (tertiary/aromatic N) is 2. The molecule has 3 heteroatoms. The minimum atomic E-state index is -0.299. The fourth-order valence-electron chi connectivity index (χ4n) is 0.886. The third-order valence-corrected chi connectivity index (χ3v) is 1.66. The Morgan fingerprint density at radius 1 is 1.42 bits per heavy atom. The van der Waals surface area contributed by atoms with Crippen LogP contribution in [0.4, 0.5) is 5.69 Å². The summed E-state index contributed by atoms with van der Waals surface area (Å²) in [6.45, 7) is 1.76. The van der Waals surface area contributed by atoms with Crippen molar-refractivity contribution in [1.82, 2.24) is 0 Å². The summed E-state index contributed by atoms with van der Waals surface area (Å²) in [6.07, 6.45) is 0. The quantitative estimate of drug-likeness (QED) is 0.525. The number of benzene rings is 1. The number of hydrazine groups is 1. The largest absolute Gasteiger partial charge is 0.294 e. The van der Waals surface area contributed by atoms with Gasteiger partial charge in [0, 0.05) is 0 Å². The smallest absolute Gasteiger partial charge is 0.129 e. The van der Waals surface area contributed by atoms with Crippen LogP contribution in [-0.4, -0.2) is 6.04 Å². The normalized spacial score (nSPS) is 11.8. The van der Waals surface area contributed by atoms with E-state index in [2.05, 4.69) is 6.07 Å². The molecular weight excluding hydrogens is 150 g/mol. The molecular formula is C9H11N3. The van der Waals surface area contributed by atoms with Crippen molar-refractivity contribution in [1.29, 1.82) is 5.26 Å². The predicted octanol–water partition coefficient (Wildman–Crippen LogP) is 1.28. The zero-order chi connectivity index (χ0) is 8.97. The molecule has 2 N–H and O–H groups in total. The van der Waals surface area contributed by atoms with Gasteiger partial charge in [-0.2, -0.15) is 5.26 Å². The van der Waals surface area contributed by atoms with E-state index >= 15 is 0 Å². The highest BCUT2D eigenvalue weighted by Crippen LogP contribution is 2.11. The van der Waals surface area contributed by atoms with Crippen molar-refractivity contribution < 1.29 is 0 Å². The molecule has 0 aliphatic rings. The molecule has 0 aliphatic heterocycles. The van der Waals surface area contributed by atoms with Crippen LogP contribution >= 0.6 is 0 Å².